The van der Waals surface area contributed by atoms with Gasteiger partial charge in [-0.2, -0.15) is 0 Å². The molecule has 1 aromatic carbocycles. The van der Waals surface area contributed by atoms with E-state index in [1.54, 1.807) is 25.0 Å². The number of amides is 1. The number of halogens is 2. The molecule has 1 aliphatic heterocycles. The lowest BCUT2D eigenvalue weighted by atomic mass is 10.1. The topological polar surface area (TPSA) is 55.3 Å². The molecule has 3 rings (SSSR count). The van der Waals surface area contributed by atoms with Crippen molar-refractivity contribution in [1.82, 2.24) is 14.9 Å². The van der Waals surface area contributed by atoms with Crippen LogP contribution in [0.15, 0.2) is 34.3 Å². The molecule has 30 heavy (non-hydrogen) atoms. The Kier molecular flexibility index (Phi) is 7.43. The summed E-state index contributed by atoms with van der Waals surface area (Å²) in [7, 11) is 1.56. The van der Waals surface area contributed by atoms with E-state index in [4.69, 9.17) is 17.0 Å². The second-order valence-electron chi connectivity index (χ2n) is 6.30. The van der Waals surface area contributed by atoms with E-state index in [-0.39, 0.29) is 16.8 Å². The van der Waals surface area contributed by atoms with Gasteiger partial charge in [-0.1, -0.05) is 41.8 Å². The Labute approximate surface area is 187 Å². The van der Waals surface area contributed by atoms with E-state index in [1.807, 2.05) is 25.1 Å². The van der Waals surface area contributed by atoms with E-state index >= 15 is 0 Å². The third-order valence-electron chi connectivity index (χ3n) is 4.23. The zero-order valence-electron chi connectivity index (χ0n) is 16.5. The molecule has 158 valence electrons. The van der Waals surface area contributed by atoms with Crippen LogP contribution in [-0.2, 0) is 10.5 Å². The largest absolute Gasteiger partial charge is 0.496 e. The smallest absolute Gasteiger partial charge is 0.280 e. The molecule has 0 unspecified atom stereocenters. The maximum Gasteiger partial charge on any atom is 0.280 e. The van der Waals surface area contributed by atoms with Crippen molar-refractivity contribution in [3.8, 4) is 5.75 Å². The molecular weight excluding hydrogens is 448 g/mol. The first-order chi connectivity index (χ1) is 14.3. The number of rotatable bonds is 7. The molecule has 2 heterocycles. The van der Waals surface area contributed by atoms with E-state index < -0.39 is 6.43 Å². The monoisotopic (exact) mass is 467 g/mol. The number of carbonyl (C=O) groups excluding carboxylic acids is 1. The summed E-state index contributed by atoms with van der Waals surface area (Å²) < 4.78 is 32.0. The summed E-state index contributed by atoms with van der Waals surface area (Å²) in [5.74, 6) is 0.974. The van der Waals surface area contributed by atoms with Gasteiger partial charge in [0.1, 0.15) is 15.8 Å². The molecule has 5 nitrogen and oxygen atoms in total. The molecule has 1 aromatic heterocycles. The number of carbonyl (C=O) groups is 1. The highest BCUT2D eigenvalue weighted by Crippen LogP contribution is 2.34. The van der Waals surface area contributed by atoms with Gasteiger partial charge in [-0.15, -0.1) is 0 Å². The number of alkyl halides is 2. The number of likely N-dealkylation sites (N-methyl/N-ethyl adjacent to an activating group) is 1. The number of methoxy groups -OCH3 is 1. The number of thiocarbonyl (C=S) groups is 1. The fourth-order valence-corrected chi connectivity index (χ4v) is 5.08. The molecule has 1 amide bonds. The van der Waals surface area contributed by atoms with Gasteiger partial charge in [-0.3, -0.25) is 9.69 Å². The summed E-state index contributed by atoms with van der Waals surface area (Å²) in [6, 6.07) is 6.84. The number of benzene rings is 1. The maximum atomic E-state index is 13.0. The fourth-order valence-electron chi connectivity index (χ4n) is 2.81. The molecule has 2 aromatic rings. The van der Waals surface area contributed by atoms with Crippen LogP contribution in [0.25, 0.3) is 6.08 Å². The van der Waals surface area contributed by atoms with E-state index in [0.717, 1.165) is 11.1 Å². The molecule has 0 saturated carbocycles. The van der Waals surface area contributed by atoms with Crippen molar-refractivity contribution >= 4 is 52.0 Å². The highest BCUT2D eigenvalue weighted by Gasteiger charge is 2.30. The van der Waals surface area contributed by atoms with Crippen molar-refractivity contribution in [3.05, 3.63) is 51.7 Å². The second-order valence-corrected chi connectivity index (χ2v) is 8.92. The van der Waals surface area contributed by atoms with Crippen molar-refractivity contribution in [2.45, 2.75) is 31.2 Å². The molecule has 0 spiro atoms. The standard InChI is InChI=1S/C20H19F2N3O2S3/c1-4-25-18(26)16(30-20(25)28)9-12-5-6-15(27-3)13(8-12)10-29-19-23-11(2)7-14(24-19)17(21)22/h5-9,17H,4,10H2,1-3H3/b16-9-. The minimum atomic E-state index is -2.65. The lowest BCUT2D eigenvalue weighted by Crippen LogP contribution is -2.27. The predicted molar refractivity (Wildman–Crippen MR) is 120 cm³/mol. The summed E-state index contributed by atoms with van der Waals surface area (Å²) in [6.45, 7) is 4.07. The minimum absolute atomic E-state index is 0.105. The molecule has 0 N–H and O–H groups in total. The van der Waals surface area contributed by atoms with Crippen molar-refractivity contribution in [2.24, 2.45) is 0 Å². The van der Waals surface area contributed by atoms with Crippen LogP contribution in [0.1, 0.15) is 35.9 Å². The summed E-state index contributed by atoms with van der Waals surface area (Å²) in [4.78, 5) is 22.7. The van der Waals surface area contributed by atoms with Gasteiger partial charge in [-0.05, 0) is 43.7 Å². The average Bonchev–Trinajstić information content (AvgIpc) is 2.98. The lowest BCUT2D eigenvalue weighted by Gasteiger charge is -2.10. The Morgan fingerprint density at radius 1 is 1.33 bits per heavy atom. The molecule has 0 radical (unpaired) electrons. The van der Waals surface area contributed by atoms with Crippen LogP contribution in [0.5, 0.6) is 5.75 Å². The SMILES string of the molecule is CCN1C(=O)/C(=C/c2ccc(OC)c(CSc3nc(C)cc(C(F)F)n3)c2)SC1=S. The summed E-state index contributed by atoms with van der Waals surface area (Å²) >= 11 is 7.77. The van der Waals surface area contributed by atoms with Crippen LogP contribution in [0.2, 0.25) is 0 Å². The normalized spacial score (nSPS) is 15.5. The van der Waals surface area contributed by atoms with Crippen LogP contribution < -0.4 is 4.74 Å². The predicted octanol–water partition coefficient (Wildman–Crippen LogP) is 5.24. The van der Waals surface area contributed by atoms with Crippen LogP contribution in [0, 0.1) is 6.92 Å². The van der Waals surface area contributed by atoms with E-state index in [2.05, 4.69) is 9.97 Å². The molecule has 1 saturated heterocycles. The summed E-state index contributed by atoms with van der Waals surface area (Å²) in [6.07, 6.45) is -0.855. The highest BCUT2D eigenvalue weighted by molar-refractivity contribution is 8.26. The Morgan fingerprint density at radius 3 is 2.73 bits per heavy atom. The van der Waals surface area contributed by atoms with Crippen molar-refractivity contribution in [2.75, 3.05) is 13.7 Å². The summed E-state index contributed by atoms with van der Waals surface area (Å²) in [5.41, 5.74) is 1.86. The zero-order valence-corrected chi connectivity index (χ0v) is 19.0. The van der Waals surface area contributed by atoms with Gasteiger partial charge < -0.3 is 4.74 Å². The number of hydrogen-bond donors (Lipinski definition) is 0. The quantitative estimate of drug-likeness (QED) is 0.239. The van der Waals surface area contributed by atoms with Gasteiger partial charge in [-0.25, -0.2) is 18.7 Å². The number of aryl methyl sites for hydroxylation is 1. The van der Waals surface area contributed by atoms with Crippen LogP contribution in [-0.4, -0.2) is 38.8 Å². The highest BCUT2D eigenvalue weighted by atomic mass is 32.2. The second kappa shape index (κ2) is 9.84. The van der Waals surface area contributed by atoms with Gasteiger partial charge in [0.05, 0.1) is 12.0 Å². The van der Waals surface area contributed by atoms with E-state index in [0.29, 0.717) is 33.0 Å². The number of thioether (sulfide) groups is 2. The first-order valence-electron chi connectivity index (χ1n) is 9.01. The van der Waals surface area contributed by atoms with Crippen molar-refractivity contribution < 1.29 is 18.3 Å². The maximum absolute atomic E-state index is 13.0. The number of aromatic nitrogens is 2. The number of ether oxygens (including phenoxy) is 1. The minimum Gasteiger partial charge on any atom is -0.496 e. The number of hydrogen-bond acceptors (Lipinski definition) is 7. The van der Waals surface area contributed by atoms with Gasteiger partial charge in [0.2, 0.25) is 0 Å². The Balaban J connectivity index is 1.83. The third-order valence-corrected chi connectivity index (χ3v) is 6.50. The van der Waals surface area contributed by atoms with Crippen molar-refractivity contribution in [3.63, 3.8) is 0 Å². The Hall–Kier alpha value is -2.04. The van der Waals surface area contributed by atoms with Gasteiger partial charge in [0.15, 0.2) is 5.16 Å². The average molecular weight is 468 g/mol. The van der Waals surface area contributed by atoms with Crippen LogP contribution >= 0.6 is 35.7 Å². The van der Waals surface area contributed by atoms with Gasteiger partial charge in [0.25, 0.3) is 12.3 Å². The molecular formula is C20H19F2N3O2S3. The summed E-state index contributed by atoms with van der Waals surface area (Å²) in [5, 5.41) is 0.279. The molecule has 0 bridgehead atoms. The van der Waals surface area contributed by atoms with Gasteiger partial charge in [0, 0.05) is 23.6 Å². The third kappa shape index (κ3) is 5.16. The number of nitrogens with zero attached hydrogens (tertiary/aromatic N) is 3. The molecule has 10 heteroatoms. The van der Waals surface area contributed by atoms with E-state index in [9.17, 15) is 13.6 Å². The first kappa shape index (κ1) is 22.6. The van der Waals surface area contributed by atoms with Gasteiger partial charge >= 0.3 is 0 Å². The lowest BCUT2D eigenvalue weighted by molar-refractivity contribution is -0.121. The van der Waals surface area contributed by atoms with Crippen molar-refractivity contribution in [1.29, 1.82) is 0 Å². The van der Waals surface area contributed by atoms with Crippen LogP contribution in [0.3, 0.4) is 0 Å². The Morgan fingerprint density at radius 2 is 2.10 bits per heavy atom. The molecule has 0 atom stereocenters. The van der Waals surface area contributed by atoms with E-state index in [1.165, 1.54) is 29.6 Å². The molecule has 0 aliphatic carbocycles. The first-order valence-corrected chi connectivity index (χ1v) is 11.2. The van der Waals surface area contributed by atoms with Crippen LogP contribution in [0.4, 0.5) is 8.78 Å². The molecule has 1 aliphatic rings. The zero-order chi connectivity index (χ0) is 21.8. The fraction of sp³-hybridized carbons (Fsp3) is 0.300. The molecule has 1 fully saturated rings. The Bertz CT molecular complexity index is 1010.